The summed E-state index contributed by atoms with van der Waals surface area (Å²) >= 11 is 16.4. The summed E-state index contributed by atoms with van der Waals surface area (Å²) in [5.74, 6) is 0.469. The zero-order valence-corrected chi connectivity index (χ0v) is 18.7. The highest BCUT2D eigenvalue weighted by atomic mass is 79.9. The number of ether oxygens (including phenoxy) is 2. The second-order valence-electron chi connectivity index (χ2n) is 3.99. The minimum atomic E-state index is -0.143. The van der Waals surface area contributed by atoms with Crippen LogP contribution in [0.3, 0.4) is 0 Å². The Bertz CT molecular complexity index is 748. The molecular formula is C13H7Br5O4. The topological polar surface area (TPSA) is 58.9 Å². The van der Waals surface area contributed by atoms with Gasteiger partial charge in [-0.1, -0.05) is 15.9 Å². The van der Waals surface area contributed by atoms with Crippen molar-refractivity contribution in [3.63, 3.8) is 0 Å². The van der Waals surface area contributed by atoms with Gasteiger partial charge in [-0.05, 0) is 75.9 Å². The molecule has 9 heteroatoms. The highest BCUT2D eigenvalue weighted by Gasteiger charge is 2.24. The lowest BCUT2D eigenvalue weighted by atomic mass is 10.3. The van der Waals surface area contributed by atoms with Gasteiger partial charge >= 0.3 is 0 Å². The van der Waals surface area contributed by atoms with Crippen LogP contribution in [-0.2, 0) is 0 Å². The Morgan fingerprint density at radius 3 is 2.05 bits per heavy atom. The molecule has 22 heavy (non-hydrogen) atoms. The van der Waals surface area contributed by atoms with Crippen molar-refractivity contribution in [1.29, 1.82) is 0 Å². The highest BCUT2D eigenvalue weighted by Crippen LogP contribution is 2.53. The van der Waals surface area contributed by atoms with E-state index in [1.807, 2.05) is 0 Å². The Labute approximate surface area is 168 Å². The molecule has 0 aromatic heterocycles. The summed E-state index contributed by atoms with van der Waals surface area (Å²) < 4.78 is 13.4. The third-order valence-electron chi connectivity index (χ3n) is 2.62. The van der Waals surface area contributed by atoms with E-state index < -0.39 is 0 Å². The number of rotatable bonds is 3. The van der Waals surface area contributed by atoms with Gasteiger partial charge in [0.2, 0.25) is 0 Å². The zero-order valence-electron chi connectivity index (χ0n) is 10.8. The van der Waals surface area contributed by atoms with E-state index >= 15 is 0 Å². The van der Waals surface area contributed by atoms with E-state index in [2.05, 4.69) is 79.6 Å². The van der Waals surface area contributed by atoms with Gasteiger partial charge in [-0.25, -0.2) is 0 Å². The van der Waals surface area contributed by atoms with Crippen LogP contribution in [0.1, 0.15) is 0 Å². The van der Waals surface area contributed by atoms with Gasteiger partial charge in [0, 0.05) is 4.47 Å². The normalized spacial score (nSPS) is 10.6. The van der Waals surface area contributed by atoms with Crippen molar-refractivity contribution < 1.29 is 19.7 Å². The number of phenolic OH excluding ortho intramolecular Hbond substituents is 2. The van der Waals surface area contributed by atoms with E-state index in [9.17, 15) is 10.2 Å². The van der Waals surface area contributed by atoms with Gasteiger partial charge in [-0.2, -0.15) is 0 Å². The number of benzene rings is 2. The predicted octanol–water partition coefficient (Wildman–Crippen LogP) is 6.71. The molecule has 0 bridgehead atoms. The van der Waals surface area contributed by atoms with Crippen molar-refractivity contribution in [1.82, 2.24) is 0 Å². The quantitative estimate of drug-likeness (QED) is 0.372. The smallest absolute Gasteiger partial charge is 0.188 e. The number of hydrogen-bond donors (Lipinski definition) is 2. The maximum atomic E-state index is 10.3. The van der Waals surface area contributed by atoms with Crippen molar-refractivity contribution in [3.8, 4) is 28.7 Å². The van der Waals surface area contributed by atoms with Crippen LogP contribution in [0.4, 0.5) is 0 Å². The minimum absolute atomic E-state index is 0.0903. The summed E-state index contributed by atoms with van der Waals surface area (Å²) in [5.41, 5.74) is 0. The largest absolute Gasteiger partial charge is 0.503 e. The van der Waals surface area contributed by atoms with Gasteiger partial charge in [0.25, 0.3) is 0 Å². The molecule has 2 N–H and O–H groups in total. The van der Waals surface area contributed by atoms with Crippen LogP contribution in [0, 0.1) is 0 Å². The Morgan fingerprint density at radius 2 is 1.45 bits per heavy atom. The van der Waals surface area contributed by atoms with Gasteiger partial charge in [0.1, 0.15) is 4.47 Å². The molecule has 2 aromatic carbocycles. The van der Waals surface area contributed by atoms with Crippen molar-refractivity contribution in [2.75, 3.05) is 7.11 Å². The van der Waals surface area contributed by atoms with Crippen LogP contribution < -0.4 is 9.47 Å². The first-order valence-corrected chi connectivity index (χ1v) is 9.53. The molecule has 4 nitrogen and oxygen atoms in total. The monoisotopic (exact) mass is 622 g/mol. The fourth-order valence-electron chi connectivity index (χ4n) is 1.61. The molecule has 0 fully saturated rings. The summed E-state index contributed by atoms with van der Waals surface area (Å²) in [5, 5.41) is 20.4. The summed E-state index contributed by atoms with van der Waals surface area (Å²) in [6.07, 6.45) is 0. The molecule has 2 rings (SSSR count). The lowest BCUT2D eigenvalue weighted by molar-refractivity contribution is 0.368. The molecular weight excluding hydrogens is 620 g/mol. The molecule has 0 saturated carbocycles. The van der Waals surface area contributed by atoms with Gasteiger partial charge in [-0.3, -0.25) is 0 Å². The molecule has 0 unspecified atom stereocenters. The minimum Gasteiger partial charge on any atom is -0.503 e. The van der Waals surface area contributed by atoms with Crippen LogP contribution in [0.25, 0.3) is 0 Å². The Balaban J connectivity index is 2.62. The summed E-state index contributed by atoms with van der Waals surface area (Å²) in [7, 11) is 1.49. The molecule has 0 atom stereocenters. The van der Waals surface area contributed by atoms with Gasteiger partial charge < -0.3 is 19.7 Å². The molecule has 0 saturated heterocycles. The second kappa shape index (κ2) is 7.29. The molecule has 0 heterocycles. The van der Waals surface area contributed by atoms with Gasteiger partial charge in [0.15, 0.2) is 28.7 Å². The molecule has 0 amide bonds. The van der Waals surface area contributed by atoms with E-state index in [-0.39, 0.29) is 23.0 Å². The molecule has 2 aromatic rings. The molecule has 0 spiro atoms. The first kappa shape index (κ1) is 18.4. The first-order chi connectivity index (χ1) is 10.3. The summed E-state index contributed by atoms with van der Waals surface area (Å²) in [4.78, 5) is 0. The highest BCUT2D eigenvalue weighted by molar-refractivity contribution is 9.13. The average molecular weight is 627 g/mol. The number of halogens is 5. The molecule has 0 aliphatic heterocycles. The fourth-order valence-corrected chi connectivity index (χ4v) is 4.60. The van der Waals surface area contributed by atoms with Gasteiger partial charge in [-0.15, -0.1) is 0 Å². The number of phenols is 2. The predicted molar refractivity (Wildman–Crippen MR) is 101 cm³/mol. The van der Waals surface area contributed by atoms with E-state index in [4.69, 9.17) is 9.47 Å². The summed E-state index contributed by atoms with van der Waals surface area (Å²) in [6.45, 7) is 0. The van der Waals surface area contributed by atoms with E-state index in [1.54, 1.807) is 12.1 Å². The lowest BCUT2D eigenvalue weighted by Gasteiger charge is -2.16. The zero-order chi connectivity index (χ0) is 16.6. The molecule has 0 aliphatic carbocycles. The van der Waals surface area contributed by atoms with E-state index in [1.165, 1.54) is 7.11 Å². The van der Waals surface area contributed by atoms with Crippen molar-refractivity contribution >= 4 is 79.6 Å². The SMILES string of the molecule is COc1c(Br)c(Br)c(O)c(Oc2cc(Br)cc(Br)c2O)c1Br. The first-order valence-electron chi connectivity index (χ1n) is 5.57. The number of methoxy groups -OCH3 is 1. The maximum Gasteiger partial charge on any atom is 0.188 e. The lowest BCUT2D eigenvalue weighted by Crippen LogP contribution is -1.94. The molecule has 0 radical (unpaired) electrons. The third kappa shape index (κ3) is 3.43. The fraction of sp³-hybridized carbons (Fsp3) is 0.0769. The van der Waals surface area contributed by atoms with E-state index in [0.29, 0.717) is 28.1 Å². The maximum absolute atomic E-state index is 10.3. The van der Waals surface area contributed by atoms with Crippen molar-refractivity contribution in [3.05, 3.63) is 34.5 Å². The van der Waals surface area contributed by atoms with Crippen LogP contribution in [0.15, 0.2) is 34.5 Å². The Hall–Kier alpha value is 0.0400. The number of aromatic hydroxyl groups is 2. The van der Waals surface area contributed by atoms with Crippen LogP contribution in [-0.4, -0.2) is 17.3 Å². The molecule has 118 valence electrons. The molecule has 0 aliphatic rings. The summed E-state index contributed by atoms with van der Waals surface area (Å²) in [6, 6.07) is 3.25. The third-order valence-corrected chi connectivity index (χ3v) is 6.47. The Morgan fingerprint density at radius 1 is 0.818 bits per heavy atom. The van der Waals surface area contributed by atoms with Crippen LogP contribution in [0.2, 0.25) is 0 Å². The standard InChI is InChI=1S/C13H7Br5O4/c1-21-12-8(17)7(16)11(20)13(9(12)18)22-6-3-4(14)2-5(15)10(6)19/h2-3,19-20H,1H3. The Kier molecular flexibility index (Phi) is 6.09. The van der Waals surface area contributed by atoms with Crippen LogP contribution in [0.5, 0.6) is 28.7 Å². The van der Waals surface area contributed by atoms with Crippen molar-refractivity contribution in [2.24, 2.45) is 0 Å². The number of hydrogen-bond acceptors (Lipinski definition) is 4. The van der Waals surface area contributed by atoms with Crippen molar-refractivity contribution in [2.45, 2.75) is 0 Å². The van der Waals surface area contributed by atoms with E-state index in [0.717, 1.165) is 0 Å². The second-order valence-corrected chi connectivity index (χ2v) is 8.14. The van der Waals surface area contributed by atoms with Crippen LogP contribution >= 0.6 is 79.6 Å². The van der Waals surface area contributed by atoms with Gasteiger partial charge in [0.05, 0.1) is 20.5 Å². The average Bonchev–Trinajstić information content (AvgIpc) is 2.46.